The highest BCUT2D eigenvalue weighted by molar-refractivity contribution is 6.29. The first-order valence-corrected chi connectivity index (χ1v) is 5.01. The number of carboxylic acid groups (broad SMARTS) is 1. The van der Waals surface area contributed by atoms with Crippen LogP contribution in [0.1, 0.15) is 24.2 Å². The maximum Gasteiger partial charge on any atom is 0.335 e. The predicted molar refractivity (Wildman–Crippen MR) is 59.5 cm³/mol. The van der Waals surface area contributed by atoms with Crippen molar-refractivity contribution in [1.29, 1.82) is 0 Å². The number of rotatable bonds is 4. The van der Waals surface area contributed by atoms with Gasteiger partial charge in [-0.15, -0.1) is 0 Å². The van der Waals surface area contributed by atoms with Crippen LogP contribution in [0.25, 0.3) is 0 Å². The molecule has 0 saturated carbocycles. The van der Waals surface area contributed by atoms with Crippen LogP contribution in [0, 0.1) is 5.92 Å². The summed E-state index contributed by atoms with van der Waals surface area (Å²) in [5.74, 6) is -0.0560. The van der Waals surface area contributed by atoms with Gasteiger partial charge in [-0.2, -0.15) is 0 Å². The van der Waals surface area contributed by atoms with E-state index in [0.29, 0.717) is 11.7 Å². The fourth-order valence-corrected chi connectivity index (χ4v) is 1.23. The molecule has 5 heteroatoms. The number of aromatic nitrogens is 1. The molecule has 0 aliphatic carbocycles. The van der Waals surface area contributed by atoms with Gasteiger partial charge < -0.3 is 10.4 Å². The van der Waals surface area contributed by atoms with Crippen LogP contribution in [0.3, 0.4) is 0 Å². The Morgan fingerprint density at radius 3 is 2.80 bits per heavy atom. The standard InChI is InChI=1S/C10H13ClN2O2/c1-6(2)5-12-9-4-7(10(14)15)3-8(11)13-9/h3-4,6H,5H2,1-2H3,(H,12,13)(H,14,15). The van der Waals surface area contributed by atoms with Gasteiger partial charge in [0.1, 0.15) is 11.0 Å². The molecule has 15 heavy (non-hydrogen) atoms. The van der Waals surface area contributed by atoms with Gasteiger partial charge in [0.15, 0.2) is 0 Å². The molecule has 0 radical (unpaired) electrons. The number of halogens is 1. The van der Waals surface area contributed by atoms with Crippen LogP contribution in [0.15, 0.2) is 12.1 Å². The third kappa shape index (κ3) is 3.75. The van der Waals surface area contributed by atoms with E-state index in [2.05, 4.69) is 24.1 Å². The maximum absolute atomic E-state index is 10.7. The summed E-state index contributed by atoms with van der Waals surface area (Å²) < 4.78 is 0. The van der Waals surface area contributed by atoms with E-state index in [4.69, 9.17) is 16.7 Å². The van der Waals surface area contributed by atoms with Gasteiger partial charge in [-0.3, -0.25) is 0 Å². The molecule has 4 nitrogen and oxygen atoms in total. The van der Waals surface area contributed by atoms with Gasteiger partial charge >= 0.3 is 5.97 Å². The van der Waals surface area contributed by atoms with E-state index in [1.54, 1.807) is 0 Å². The normalized spacial score (nSPS) is 10.4. The number of aromatic carboxylic acids is 1. The van der Waals surface area contributed by atoms with E-state index in [9.17, 15) is 4.79 Å². The fourth-order valence-electron chi connectivity index (χ4n) is 1.02. The molecule has 1 aromatic heterocycles. The molecule has 0 unspecified atom stereocenters. The van der Waals surface area contributed by atoms with E-state index in [1.807, 2.05) is 0 Å². The van der Waals surface area contributed by atoms with Crippen molar-refractivity contribution < 1.29 is 9.90 Å². The Hall–Kier alpha value is -1.29. The Morgan fingerprint density at radius 2 is 2.27 bits per heavy atom. The number of carboxylic acids is 1. The molecule has 0 bridgehead atoms. The summed E-state index contributed by atoms with van der Waals surface area (Å²) >= 11 is 5.69. The van der Waals surface area contributed by atoms with E-state index in [-0.39, 0.29) is 10.7 Å². The molecule has 0 amide bonds. The zero-order valence-electron chi connectivity index (χ0n) is 8.62. The second-order valence-corrected chi connectivity index (χ2v) is 4.03. The number of nitrogens with one attached hydrogen (secondary N) is 1. The quantitative estimate of drug-likeness (QED) is 0.778. The molecule has 1 rings (SSSR count). The summed E-state index contributed by atoms with van der Waals surface area (Å²) in [5, 5.41) is 12.0. The Kier molecular flexibility index (Phi) is 3.91. The molecule has 0 spiro atoms. The SMILES string of the molecule is CC(C)CNc1cc(C(=O)O)cc(Cl)n1. The van der Waals surface area contributed by atoms with E-state index < -0.39 is 5.97 Å². The Bertz CT molecular complexity index is 366. The highest BCUT2D eigenvalue weighted by Crippen LogP contribution is 2.14. The van der Waals surface area contributed by atoms with Crippen molar-refractivity contribution in [1.82, 2.24) is 4.98 Å². The lowest BCUT2D eigenvalue weighted by Gasteiger charge is -2.08. The lowest BCUT2D eigenvalue weighted by atomic mass is 10.2. The van der Waals surface area contributed by atoms with Crippen molar-refractivity contribution in [3.8, 4) is 0 Å². The van der Waals surface area contributed by atoms with Crippen molar-refractivity contribution in [2.75, 3.05) is 11.9 Å². The van der Waals surface area contributed by atoms with Crippen LogP contribution in [-0.2, 0) is 0 Å². The average molecular weight is 229 g/mol. The molecule has 82 valence electrons. The molecule has 0 aliphatic heterocycles. The molecule has 2 N–H and O–H groups in total. The fraction of sp³-hybridized carbons (Fsp3) is 0.400. The summed E-state index contributed by atoms with van der Waals surface area (Å²) in [6, 6.07) is 2.79. The first-order chi connectivity index (χ1) is 6.99. The van der Waals surface area contributed by atoms with Gasteiger partial charge in [0.25, 0.3) is 0 Å². The second kappa shape index (κ2) is 4.98. The monoisotopic (exact) mass is 228 g/mol. The second-order valence-electron chi connectivity index (χ2n) is 3.64. The number of hydrogen-bond donors (Lipinski definition) is 2. The number of anilines is 1. The molecule has 0 atom stereocenters. The van der Waals surface area contributed by atoms with Crippen LogP contribution in [0.2, 0.25) is 5.15 Å². The van der Waals surface area contributed by atoms with Crippen molar-refractivity contribution in [2.45, 2.75) is 13.8 Å². The number of carbonyl (C=O) groups is 1. The molecule has 0 saturated heterocycles. The minimum atomic E-state index is -1.01. The average Bonchev–Trinajstić information content (AvgIpc) is 2.13. The molecule has 0 aromatic carbocycles. The largest absolute Gasteiger partial charge is 0.478 e. The summed E-state index contributed by atoms with van der Waals surface area (Å²) in [4.78, 5) is 14.7. The smallest absolute Gasteiger partial charge is 0.335 e. The van der Waals surface area contributed by atoms with Gasteiger partial charge in [0.05, 0.1) is 5.56 Å². The van der Waals surface area contributed by atoms with Crippen LogP contribution in [0.5, 0.6) is 0 Å². The molecule has 1 heterocycles. The van der Waals surface area contributed by atoms with Gasteiger partial charge in [0.2, 0.25) is 0 Å². The highest BCUT2D eigenvalue weighted by atomic mass is 35.5. The van der Waals surface area contributed by atoms with Crippen molar-refractivity contribution in [3.05, 3.63) is 22.8 Å². The molecule has 1 aromatic rings. The molecular weight excluding hydrogens is 216 g/mol. The molecule has 0 aliphatic rings. The Morgan fingerprint density at radius 1 is 1.60 bits per heavy atom. The number of hydrogen-bond acceptors (Lipinski definition) is 3. The lowest BCUT2D eigenvalue weighted by Crippen LogP contribution is -2.10. The Labute approximate surface area is 93.3 Å². The predicted octanol–water partition coefficient (Wildman–Crippen LogP) is 2.50. The highest BCUT2D eigenvalue weighted by Gasteiger charge is 2.07. The zero-order chi connectivity index (χ0) is 11.4. The Balaban J connectivity index is 2.84. The topological polar surface area (TPSA) is 62.2 Å². The zero-order valence-corrected chi connectivity index (χ0v) is 9.38. The summed E-state index contributed by atoms with van der Waals surface area (Å²) in [7, 11) is 0. The van der Waals surface area contributed by atoms with Crippen LogP contribution >= 0.6 is 11.6 Å². The van der Waals surface area contributed by atoms with Crippen LogP contribution in [-0.4, -0.2) is 22.6 Å². The summed E-state index contributed by atoms with van der Waals surface area (Å²) in [6.45, 7) is 4.83. The van der Waals surface area contributed by atoms with Crippen LogP contribution < -0.4 is 5.32 Å². The first kappa shape index (κ1) is 11.8. The van der Waals surface area contributed by atoms with Gasteiger partial charge in [0, 0.05) is 6.54 Å². The van der Waals surface area contributed by atoms with Crippen molar-refractivity contribution in [2.24, 2.45) is 5.92 Å². The van der Waals surface area contributed by atoms with Gasteiger partial charge in [-0.1, -0.05) is 25.4 Å². The summed E-state index contributed by atoms with van der Waals surface area (Å²) in [6.07, 6.45) is 0. The summed E-state index contributed by atoms with van der Waals surface area (Å²) in [5.41, 5.74) is 0.140. The lowest BCUT2D eigenvalue weighted by molar-refractivity contribution is 0.0697. The van der Waals surface area contributed by atoms with Crippen molar-refractivity contribution in [3.63, 3.8) is 0 Å². The van der Waals surface area contributed by atoms with E-state index in [1.165, 1.54) is 12.1 Å². The number of nitrogens with zero attached hydrogens (tertiary/aromatic N) is 1. The molecule has 0 fully saturated rings. The third-order valence-corrected chi connectivity index (χ3v) is 1.93. The first-order valence-electron chi connectivity index (χ1n) is 4.64. The van der Waals surface area contributed by atoms with E-state index in [0.717, 1.165) is 6.54 Å². The molecular formula is C10H13ClN2O2. The van der Waals surface area contributed by atoms with Crippen LogP contribution in [0.4, 0.5) is 5.82 Å². The minimum Gasteiger partial charge on any atom is -0.478 e. The van der Waals surface area contributed by atoms with Gasteiger partial charge in [-0.25, -0.2) is 9.78 Å². The van der Waals surface area contributed by atoms with Gasteiger partial charge in [-0.05, 0) is 18.1 Å². The third-order valence-electron chi connectivity index (χ3n) is 1.73. The number of pyridine rings is 1. The maximum atomic E-state index is 10.7. The van der Waals surface area contributed by atoms with E-state index >= 15 is 0 Å². The van der Waals surface area contributed by atoms with Crippen molar-refractivity contribution >= 4 is 23.4 Å². The minimum absolute atomic E-state index is 0.140.